The molecule has 2 rings (SSSR count). The Labute approximate surface area is 96.9 Å². The Morgan fingerprint density at radius 3 is 1.94 bits per heavy atom. The molecule has 88 valence electrons. The molecule has 1 aromatic carbocycles. The Hall–Kier alpha value is -1.05. The molecule has 0 saturated heterocycles. The molecule has 2 heteroatoms. The molecule has 0 amide bonds. The molecule has 0 spiro atoms. The molecule has 0 bridgehead atoms. The highest BCUT2D eigenvalue weighted by Gasteiger charge is 2.37. The summed E-state index contributed by atoms with van der Waals surface area (Å²) in [5, 5.41) is 0. The van der Waals surface area contributed by atoms with E-state index >= 15 is 0 Å². The van der Waals surface area contributed by atoms with Gasteiger partial charge < -0.3 is 5.73 Å². The summed E-state index contributed by atoms with van der Waals surface area (Å²) in [5.74, 6) is -0.287. The first-order valence-electron chi connectivity index (χ1n) is 5.84. The lowest BCUT2D eigenvalue weighted by molar-refractivity contribution is 0.330. The van der Waals surface area contributed by atoms with E-state index in [2.05, 4.69) is 27.7 Å². The molecular weight excluding hydrogens is 201 g/mol. The van der Waals surface area contributed by atoms with Gasteiger partial charge in [-0.05, 0) is 46.9 Å². The van der Waals surface area contributed by atoms with E-state index in [1.165, 1.54) is 5.56 Å². The lowest BCUT2D eigenvalue weighted by atomic mass is 9.63. The molecule has 16 heavy (non-hydrogen) atoms. The summed E-state index contributed by atoms with van der Waals surface area (Å²) in [7, 11) is 0. The van der Waals surface area contributed by atoms with Crippen molar-refractivity contribution < 1.29 is 4.39 Å². The van der Waals surface area contributed by atoms with E-state index in [1.54, 1.807) is 6.07 Å². The molecule has 0 unspecified atom stereocenters. The van der Waals surface area contributed by atoms with Gasteiger partial charge in [0.1, 0.15) is 5.82 Å². The SMILES string of the molecule is CC1(C)CCC(C)(C)c2cc(F)c(N)cc21. The van der Waals surface area contributed by atoms with Gasteiger partial charge in [0, 0.05) is 0 Å². The summed E-state index contributed by atoms with van der Waals surface area (Å²) in [4.78, 5) is 0. The van der Waals surface area contributed by atoms with E-state index < -0.39 is 0 Å². The highest BCUT2D eigenvalue weighted by atomic mass is 19.1. The van der Waals surface area contributed by atoms with Gasteiger partial charge in [-0.3, -0.25) is 0 Å². The van der Waals surface area contributed by atoms with Crippen LogP contribution < -0.4 is 5.73 Å². The second kappa shape index (κ2) is 3.22. The summed E-state index contributed by atoms with van der Waals surface area (Å²) in [5.41, 5.74) is 8.44. The molecule has 1 aromatic rings. The van der Waals surface area contributed by atoms with Gasteiger partial charge in [0.15, 0.2) is 0 Å². The zero-order valence-electron chi connectivity index (χ0n) is 10.5. The topological polar surface area (TPSA) is 26.0 Å². The van der Waals surface area contributed by atoms with Crippen molar-refractivity contribution in [3.05, 3.63) is 29.1 Å². The monoisotopic (exact) mass is 221 g/mol. The first kappa shape index (κ1) is 11.4. The molecule has 1 aliphatic rings. The van der Waals surface area contributed by atoms with Gasteiger partial charge in [-0.1, -0.05) is 27.7 Å². The molecule has 0 saturated carbocycles. The number of nitrogens with two attached hydrogens (primary N) is 1. The maximum atomic E-state index is 13.6. The third-order valence-corrected chi connectivity index (χ3v) is 3.97. The van der Waals surface area contributed by atoms with Gasteiger partial charge >= 0.3 is 0 Å². The van der Waals surface area contributed by atoms with Crippen molar-refractivity contribution >= 4 is 5.69 Å². The smallest absolute Gasteiger partial charge is 0.146 e. The lowest BCUT2D eigenvalue weighted by Crippen LogP contribution is -2.34. The molecule has 0 fully saturated rings. The number of benzene rings is 1. The van der Waals surface area contributed by atoms with Crippen molar-refractivity contribution in [1.29, 1.82) is 0 Å². The van der Waals surface area contributed by atoms with Gasteiger partial charge in [-0.2, -0.15) is 0 Å². The summed E-state index contributed by atoms with van der Waals surface area (Å²) < 4.78 is 13.6. The third-order valence-electron chi connectivity index (χ3n) is 3.97. The van der Waals surface area contributed by atoms with Crippen LogP contribution in [0.4, 0.5) is 10.1 Å². The van der Waals surface area contributed by atoms with Crippen LogP contribution in [-0.2, 0) is 10.8 Å². The Kier molecular flexibility index (Phi) is 2.30. The number of hydrogen-bond acceptors (Lipinski definition) is 1. The summed E-state index contributed by atoms with van der Waals surface area (Å²) in [6, 6.07) is 3.46. The Bertz CT molecular complexity index is 392. The van der Waals surface area contributed by atoms with Crippen LogP contribution in [0.15, 0.2) is 12.1 Å². The van der Waals surface area contributed by atoms with E-state index in [0.717, 1.165) is 18.4 Å². The molecule has 1 nitrogen and oxygen atoms in total. The number of anilines is 1. The highest BCUT2D eigenvalue weighted by molar-refractivity contribution is 5.52. The van der Waals surface area contributed by atoms with Crippen molar-refractivity contribution in [3.8, 4) is 0 Å². The van der Waals surface area contributed by atoms with E-state index in [-0.39, 0.29) is 22.3 Å². The van der Waals surface area contributed by atoms with Crippen LogP contribution in [0.25, 0.3) is 0 Å². The summed E-state index contributed by atoms with van der Waals surface area (Å²) in [6.07, 6.45) is 2.22. The average molecular weight is 221 g/mol. The van der Waals surface area contributed by atoms with Crippen molar-refractivity contribution in [2.24, 2.45) is 0 Å². The molecule has 0 atom stereocenters. The maximum absolute atomic E-state index is 13.6. The van der Waals surface area contributed by atoms with Crippen LogP contribution in [0.1, 0.15) is 51.7 Å². The van der Waals surface area contributed by atoms with E-state index in [9.17, 15) is 4.39 Å². The molecule has 0 aliphatic heterocycles. The van der Waals surface area contributed by atoms with Gasteiger partial charge in [0.2, 0.25) is 0 Å². The van der Waals surface area contributed by atoms with Crippen molar-refractivity contribution in [2.75, 3.05) is 5.73 Å². The fourth-order valence-electron chi connectivity index (χ4n) is 2.60. The van der Waals surface area contributed by atoms with Crippen LogP contribution in [-0.4, -0.2) is 0 Å². The van der Waals surface area contributed by atoms with Gasteiger partial charge in [0.05, 0.1) is 5.69 Å². The Balaban J connectivity index is 2.70. The van der Waals surface area contributed by atoms with Gasteiger partial charge in [-0.25, -0.2) is 4.39 Å². The van der Waals surface area contributed by atoms with E-state index in [0.29, 0.717) is 0 Å². The van der Waals surface area contributed by atoms with Crippen LogP contribution in [0.3, 0.4) is 0 Å². The van der Waals surface area contributed by atoms with Gasteiger partial charge in [0.25, 0.3) is 0 Å². The minimum Gasteiger partial charge on any atom is -0.396 e. The van der Waals surface area contributed by atoms with Crippen LogP contribution in [0.5, 0.6) is 0 Å². The number of rotatable bonds is 0. The largest absolute Gasteiger partial charge is 0.396 e. The quantitative estimate of drug-likeness (QED) is 0.663. The first-order valence-corrected chi connectivity index (χ1v) is 5.84. The number of hydrogen-bond donors (Lipinski definition) is 1. The Morgan fingerprint density at radius 2 is 1.44 bits per heavy atom. The molecule has 0 radical (unpaired) electrons. The average Bonchev–Trinajstić information content (AvgIpc) is 2.17. The number of halogens is 1. The predicted octanol–water partition coefficient (Wildman–Crippen LogP) is 3.76. The van der Waals surface area contributed by atoms with Crippen LogP contribution >= 0.6 is 0 Å². The lowest BCUT2D eigenvalue weighted by Gasteiger charge is -2.41. The summed E-state index contributed by atoms with van der Waals surface area (Å²) in [6.45, 7) is 8.77. The second-order valence-electron chi connectivity index (χ2n) is 6.19. The predicted molar refractivity (Wildman–Crippen MR) is 66.1 cm³/mol. The van der Waals surface area contributed by atoms with E-state index in [1.807, 2.05) is 6.07 Å². The maximum Gasteiger partial charge on any atom is 0.146 e. The minimum atomic E-state index is -0.287. The third kappa shape index (κ3) is 1.60. The molecule has 1 aliphatic carbocycles. The standard InChI is InChI=1S/C14H20FN/c1-13(2)5-6-14(3,4)10-8-12(16)11(15)7-9(10)13/h7-8H,5-6,16H2,1-4H3. The second-order valence-corrected chi connectivity index (χ2v) is 6.19. The normalized spacial score (nSPS) is 21.6. The van der Waals surface area contributed by atoms with Gasteiger partial charge in [-0.15, -0.1) is 0 Å². The molecular formula is C14H20FN. The van der Waals surface area contributed by atoms with E-state index in [4.69, 9.17) is 5.73 Å². The fraction of sp³-hybridized carbons (Fsp3) is 0.571. The molecule has 0 heterocycles. The summed E-state index contributed by atoms with van der Waals surface area (Å²) >= 11 is 0. The zero-order chi connectivity index (χ0) is 12.1. The zero-order valence-corrected chi connectivity index (χ0v) is 10.5. The van der Waals surface area contributed by atoms with Crippen LogP contribution in [0, 0.1) is 5.82 Å². The highest BCUT2D eigenvalue weighted by Crippen LogP contribution is 2.46. The molecule has 0 aromatic heterocycles. The minimum absolute atomic E-state index is 0.0550. The van der Waals surface area contributed by atoms with Crippen LogP contribution in [0.2, 0.25) is 0 Å². The fourth-order valence-corrected chi connectivity index (χ4v) is 2.60. The van der Waals surface area contributed by atoms with Crippen molar-refractivity contribution in [2.45, 2.75) is 51.4 Å². The first-order chi connectivity index (χ1) is 7.24. The molecule has 2 N–H and O–H groups in total. The number of nitrogen functional groups attached to an aromatic ring is 1. The Morgan fingerprint density at radius 1 is 1.00 bits per heavy atom. The van der Waals surface area contributed by atoms with Crippen molar-refractivity contribution in [1.82, 2.24) is 0 Å². The van der Waals surface area contributed by atoms with Crippen molar-refractivity contribution in [3.63, 3.8) is 0 Å². The number of fused-ring (bicyclic) bond motifs is 1.